The minimum atomic E-state index is 0. The van der Waals surface area contributed by atoms with Crippen LogP contribution in [0.2, 0.25) is 0 Å². The smallest absolute Gasteiger partial charge is 0.431 e. The Morgan fingerprint density at radius 1 is 1.09 bits per heavy atom. The second-order valence-corrected chi connectivity index (χ2v) is 5.23. The third-order valence-electron chi connectivity index (χ3n) is 3.24. The van der Waals surface area contributed by atoms with Gasteiger partial charge < -0.3 is 21.9 Å². The Kier molecular flexibility index (Phi) is 7.21. The number of rotatable bonds is 5. The molecule has 122 valence electrons. The maximum Gasteiger partial charge on any atom is 0.431 e. The Labute approximate surface area is 148 Å². The summed E-state index contributed by atoms with van der Waals surface area (Å²) >= 11 is 4.59. The average Bonchev–Trinajstić information content (AvgIpc) is 2.51. The first-order valence-electron chi connectivity index (χ1n) is 7.20. The van der Waals surface area contributed by atoms with Crippen LogP contribution in [-0.2, 0) is 0 Å². The molecule has 0 aromatic heterocycles. The Morgan fingerprint density at radius 2 is 1.70 bits per heavy atom. The Balaban J connectivity index is 0.00000264. The van der Waals surface area contributed by atoms with Crippen molar-refractivity contribution in [1.82, 2.24) is 0 Å². The monoisotopic (exact) mass is 350 g/mol. The highest BCUT2D eigenvalue weighted by atomic mass is 35.5. The molecule has 4 nitrogen and oxygen atoms in total. The van der Waals surface area contributed by atoms with E-state index < -0.39 is 0 Å². The summed E-state index contributed by atoms with van der Waals surface area (Å²) in [5.74, 6) is 1.07. The first kappa shape index (κ1) is 19.1. The summed E-state index contributed by atoms with van der Waals surface area (Å²) in [4.78, 5) is 3.89. The maximum absolute atomic E-state index is 9.22. The molecule has 0 saturated heterocycles. The predicted octanol–water partition coefficient (Wildman–Crippen LogP) is 2.24. The van der Waals surface area contributed by atoms with Crippen LogP contribution in [-0.4, -0.2) is 13.2 Å². The molecule has 0 aliphatic heterocycles. The molecule has 0 aliphatic rings. The van der Waals surface area contributed by atoms with E-state index in [4.69, 9.17) is 9.47 Å². The van der Waals surface area contributed by atoms with Crippen LogP contribution in [0.1, 0.15) is 19.4 Å². The van der Waals surface area contributed by atoms with Crippen molar-refractivity contribution in [3.05, 3.63) is 40.9 Å². The van der Waals surface area contributed by atoms with Gasteiger partial charge >= 0.3 is 5.69 Å². The lowest BCUT2D eigenvalue weighted by molar-refractivity contribution is -0.00000575. The fourth-order valence-electron chi connectivity index (χ4n) is 2.24. The zero-order chi connectivity index (χ0) is 16.1. The van der Waals surface area contributed by atoms with Crippen molar-refractivity contribution in [1.29, 1.82) is 5.39 Å². The third-order valence-corrected chi connectivity index (χ3v) is 3.66. The zero-order valence-electron chi connectivity index (χ0n) is 13.3. The van der Waals surface area contributed by atoms with Gasteiger partial charge in [-0.1, -0.05) is 29.8 Å². The summed E-state index contributed by atoms with van der Waals surface area (Å²) in [7, 11) is 0. The highest BCUT2D eigenvalue weighted by Gasteiger charge is 2.26. The van der Waals surface area contributed by atoms with Gasteiger partial charge in [0.15, 0.2) is 4.98 Å². The van der Waals surface area contributed by atoms with E-state index in [9.17, 15) is 5.39 Å². The summed E-state index contributed by atoms with van der Waals surface area (Å²) in [5.41, 5.74) is 3.30. The number of benzene rings is 2. The van der Waals surface area contributed by atoms with Crippen molar-refractivity contribution in [3.8, 4) is 22.6 Å². The van der Waals surface area contributed by atoms with Crippen molar-refractivity contribution in [2.75, 3.05) is 13.2 Å². The normalized spacial score (nSPS) is 9.70. The lowest BCUT2D eigenvalue weighted by Crippen LogP contribution is -3.00. The first-order valence-corrected chi connectivity index (χ1v) is 7.64. The molecule has 6 heteroatoms. The lowest BCUT2D eigenvalue weighted by atomic mass is 10.0. The number of ether oxygens (including phenoxy) is 2. The van der Waals surface area contributed by atoms with E-state index in [1.807, 2.05) is 45.0 Å². The molecular weight excluding hydrogens is 332 g/mol. The molecule has 0 unspecified atom stereocenters. The van der Waals surface area contributed by atoms with Crippen molar-refractivity contribution in [2.45, 2.75) is 25.7 Å². The van der Waals surface area contributed by atoms with Gasteiger partial charge in [0.25, 0.3) is 0 Å². The second kappa shape index (κ2) is 8.66. The highest BCUT2D eigenvalue weighted by molar-refractivity contribution is 7.80. The molecule has 0 atom stereocenters. The van der Waals surface area contributed by atoms with Gasteiger partial charge in [-0.05, 0) is 26.3 Å². The second-order valence-electron chi connectivity index (χ2n) is 4.78. The van der Waals surface area contributed by atoms with Crippen LogP contribution in [0.3, 0.4) is 0 Å². The number of halogens is 1. The molecule has 2 aromatic carbocycles. The maximum atomic E-state index is 9.22. The molecule has 0 aliphatic carbocycles. The summed E-state index contributed by atoms with van der Waals surface area (Å²) in [5, 5.41) is 9.22. The molecule has 0 saturated carbocycles. The fraction of sp³-hybridized carbons (Fsp3) is 0.294. The van der Waals surface area contributed by atoms with Gasteiger partial charge in [-0.25, -0.2) is 0 Å². The minimum Gasteiger partial charge on any atom is -1.00 e. The van der Waals surface area contributed by atoms with Crippen LogP contribution in [0.4, 0.5) is 5.69 Å². The van der Waals surface area contributed by atoms with E-state index in [0.29, 0.717) is 35.3 Å². The van der Waals surface area contributed by atoms with Crippen LogP contribution in [0.25, 0.3) is 16.1 Å². The number of aryl methyl sites for hydroxylation is 1. The molecule has 0 amide bonds. The Bertz CT molecular complexity index is 712. The quantitative estimate of drug-likeness (QED) is 0.664. The molecular formula is C17H19ClN2O2S. The Hall–Kier alpha value is -1.90. The van der Waals surface area contributed by atoms with Crippen LogP contribution in [0.15, 0.2) is 35.2 Å². The van der Waals surface area contributed by atoms with Gasteiger partial charge in [0.05, 0.1) is 24.2 Å². The van der Waals surface area contributed by atoms with Gasteiger partial charge in [0, 0.05) is 5.56 Å². The summed E-state index contributed by atoms with van der Waals surface area (Å²) in [6.45, 7) is 6.77. The number of hydrogen-bond donors (Lipinski definition) is 1. The minimum absolute atomic E-state index is 0. The summed E-state index contributed by atoms with van der Waals surface area (Å²) in [6, 6.07) is 9.76. The van der Waals surface area contributed by atoms with Gasteiger partial charge in [-0.3, -0.25) is 0 Å². The van der Waals surface area contributed by atoms with Crippen LogP contribution in [0, 0.1) is 12.3 Å². The van der Waals surface area contributed by atoms with E-state index in [1.54, 1.807) is 6.07 Å². The molecule has 0 spiro atoms. The molecule has 2 aromatic rings. The van der Waals surface area contributed by atoms with Gasteiger partial charge in [-0.2, -0.15) is 0 Å². The number of thiol groups is 1. The van der Waals surface area contributed by atoms with Gasteiger partial charge in [0.2, 0.25) is 11.1 Å². The average molecular weight is 351 g/mol. The van der Waals surface area contributed by atoms with E-state index in [0.717, 1.165) is 11.1 Å². The molecule has 0 N–H and O–H groups in total. The van der Waals surface area contributed by atoms with Crippen LogP contribution in [0.5, 0.6) is 11.5 Å². The van der Waals surface area contributed by atoms with Gasteiger partial charge in [-0.15, -0.1) is 12.6 Å². The number of nitrogens with zero attached hydrogens (tertiary/aromatic N) is 2. The third kappa shape index (κ3) is 4.10. The van der Waals surface area contributed by atoms with Gasteiger partial charge in [0.1, 0.15) is 5.75 Å². The SMILES string of the molecule is CCOc1cc([N+]#N)c(OCC)c(S)c1-c1ccc(C)cc1.[Cl-]. The van der Waals surface area contributed by atoms with E-state index >= 15 is 0 Å². The van der Waals surface area contributed by atoms with Crippen LogP contribution >= 0.6 is 12.6 Å². The van der Waals surface area contributed by atoms with Crippen molar-refractivity contribution < 1.29 is 21.9 Å². The summed E-state index contributed by atoms with van der Waals surface area (Å²) in [6.07, 6.45) is 0. The molecule has 2 rings (SSSR count). The topological polar surface area (TPSA) is 46.6 Å². The number of hydrogen-bond acceptors (Lipinski definition) is 4. The molecule has 0 radical (unpaired) electrons. The van der Waals surface area contributed by atoms with E-state index in [-0.39, 0.29) is 12.4 Å². The van der Waals surface area contributed by atoms with E-state index in [2.05, 4.69) is 17.6 Å². The molecule has 0 heterocycles. The molecule has 23 heavy (non-hydrogen) atoms. The van der Waals surface area contributed by atoms with E-state index in [1.165, 1.54) is 5.56 Å². The predicted molar refractivity (Wildman–Crippen MR) is 90.9 cm³/mol. The Morgan fingerprint density at radius 3 is 2.22 bits per heavy atom. The fourth-order valence-corrected chi connectivity index (χ4v) is 2.66. The molecule has 0 bridgehead atoms. The zero-order valence-corrected chi connectivity index (χ0v) is 15.0. The standard InChI is InChI=1S/C17H18N2O2S.ClH/c1-4-20-14-10-13(19-18)16(21-5-2)17(22)15(14)12-8-6-11(3)7-9-12;/h6-10H,4-5H2,1-3H3;1H. The highest BCUT2D eigenvalue weighted by Crippen LogP contribution is 2.47. The number of diazo groups is 1. The van der Waals surface area contributed by atoms with Crippen molar-refractivity contribution in [2.24, 2.45) is 0 Å². The summed E-state index contributed by atoms with van der Waals surface area (Å²) < 4.78 is 11.3. The van der Waals surface area contributed by atoms with Crippen molar-refractivity contribution in [3.63, 3.8) is 0 Å². The van der Waals surface area contributed by atoms with Crippen molar-refractivity contribution >= 4 is 18.3 Å². The van der Waals surface area contributed by atoms with Crippen LogP contribution < -0.4 is 21.9 Å². The largest absolute Gasteiger partial charge is 1.00 e. The molecule has 0 fully saturated rings. The first-order chi connectivity index (χ1) is 10.6. The lowest BCUT2D eigenvalue weighted by Gasteiger charge is -2.14.